The SMILES string of the molecule is C=C(On1nnc2cccnc21)N(C)C.CN(C)C(=O)C(=O)c1cn(C)c2cc(Cl)c(C(=O)NC[C@@H]3CCN(Cc4ccccc4)C3)cc12.CNC.Cn1ccc2cc(C(=O)NC[C@@H]3CCN(Cc4ccccc4)C3)c(Cl)cc21.Cn1ccc2cc(C(=O)O)c(Cl)cc21.NC[C@@H]1CCN(Cc2ccccc2)C1. The zero-order chi connectivity index (χ0) is 76.8. The average Bonchev–Trinajstić information content (AvgIpc) is 1.64. The van der Waals surface area contributed by atoms with E-state index in [0.29, 0.717) is 74.0 Å². The Morgan fingerprint density at radius 2 is 1.01 bits per heavy atom. The van der Waals surface area contributed by atoms with Gasteiger partial charge in [-0.15, -0.1) is 5.10 Å². The summed E-state index contributed by atoms with van der Waals surface area (Å²) in [5.74, 6) is -0.573. The number of fused-ring (bicyclic) bond motifs is 4. The largest absolute Gasteiger partial charge is 0.478 e. The van der Waals surface area contributed by atoms with Crippen molar-refractivity contribution in [2.45, 2.75) is 38.9 Å². The van der Waals surface area contributed by atoms with Gasteiger partial charge in [0.1, 0.15) is 5.52 Å². The number of nitrogens with one attached hydrogen (secondary N) is 3. The fraction of sp³-hybridized carbons (Fsp3) is 0.333. The van der Waals surface area contributed by atoms with Crippen LogP contribution in [0.2, 0.25) is 15.1 Å². The average molecular weight is 1510 g/mol. The van der Waals surface area contributed by atoms with Crippen LogP contribution in [-0.4, -0.2) is 194 Å². The molecule has 3 fully saturated rings. The van der Waals surface area contributed by atoms with Crippen molar-refractivity contribution in [1.82, 2.24) is 74.3 Å². The molecule has 0 aliphatic carbocycles. The van der Waals surface area contributed by atoms with Gasteiger partial charge in [-0.25, -0.2) is 9.78 Å². The summed E-state index contributed by atoms with van der Waals surface area (Å²) in [5.41, 5.74) is 14.8. The highest BCUT2D eigenvalue weighted by Crippen LogP contribution is 2.31. The molecule has 3 amide bonds. The van der Waals surface area contributed by atoms with Crippen LogP contribution in [0.25, 0.3) is 43.9 Å². The number of carbonyl (C=O) groups excluding carboxylic acids is 4. The number of ketones is 1. The summed E-state index contributed by atoms with van der Waals surface area (Å²) in [5, 5.41) is 28.9. The number of amides is 3. The summed E-state index contributed by atoms with van der Waals surface area (Å²) in [7, 11) is 16.1. The van der Waals surface area contributed by atoms with E-state index < -0.39 is 17.7 Å². The first-order valence-electron chi connectivity index (χ1n) is 35.5. The van der Waals surface area contributed by atoms with E-state index in [-0.39, 0.29) is 28.0 Å². The van der Waals surface area contributed by atoms with E-state index in [0.717, 1.165) is 92.9 Å². The lowest BCUT2D eigenvalue weighted by molar-refractivity contribution is -0.124. The molecule has 0 bridgehead atoms. The minimum absolute atomic E-state index is 0.0905. The number of halogens is 3. The number of hydrogen-bond donors (Lipinski definition) is 5. The van der Waals surface area contributed by atoms with Crippen LogP contribution in [0.1, 0.15) is 77.4 Å². The number of nitrogens with zero attached hydrogens (tertiary/aromatic N) is 12. The third kappa shape index (κ3) is 22.3. The molecule has 14 rings (SSSR count). The maximum atomic E-state index is 13.0. The number of carbonyl (C=O) groups is 5. The molecular weight excluding hydrogens is 1420 g/mol. The van der Waals surface area contributed by atoms with Gasteiger partial charge >= 0.3 is 5.97 Å². The van der Waals surface area contributed by atoms with Gasteiger partial charge in [0.2, 0.25) is 11.5 Å². The minimum Gasteiger partial charge on any atom is -0.478 e. The summed E-state index contributed by atoms with van der Waals surface area (Å²) in [6.45, 7) is 15.2. The van der Waals surface area contributed by atoms with Gasteiger partial charge in [-0.2, -0.15) is 0 Å². The van der Waals surface area contributed by atoms with Crippen LogP contribution in [0.5, 0.6) is 0 Å². The van der Waals surface area contributed by atoms with Crippen LogP contribution < -0.4 is 26.5 Å². The van der Waals surface area contributed by atoms with Crippen molar-refractivity contribution in [3.05, 3.63) is 243 Å². The first kappa shape index (κ1) is 81.1. The van der Waals surface area contributed by atoms with Gasteiger partial charge < -0.3 is 55.1 Å². The van der Waals surface area contributed by atoms with Crippen LogP contribution in [-0.2, 0) is 45.6 Å². The van der Waals surface area contributed by atoms with Crippen molar-refractivity contribution in [1.29, 1.82) is 0 Å². The van der Waals surface area contributed by atoms with Crippen molar-refractivity contribution in [2.24, 2.45) is 44.6 Å². The summed E-state index contributed by atoms with van der Waals surface area (Å²) in [4.78, 5) is 82.3. The first-order chi connectivity index (χ1) is 51.4. The van der Waals surface area contributed by atoms with E-state index in [1.54, 1.807) is 59.2 Å². The number of aryl methyl sites for hydroxylation is 3. The molecule has 6 aromatic carbocycles. The molecule has 26 heteroatoms. The number of rotatable bonds is 19. The Hall–Kier alpha value is -9.95. The van der Waals surface area contributed by atoms with E-state index >= 15 is 0 Å². The Labute approximate surface area is 640 Å². The Morgan fingerprint density at radius 1 is 0.570 bits per heavy atom. The number of nitrogens with two attached hydrogens (primary N) is 1. The lowest BCUT2D eigenvalue weighted by Gasteiger charge is -2.16. The van der Waals surface area contributed by atoms with Crippen LogP contribution in [0.3, 0.4) is 0 Å². The number of likely N-dealkylation sites (N-methyl/N-ethyl adjacent to an activating group) is 1. The number of carboxylic acids is 1. The molecule has 0 spiro atoms. The summed E-state index contributed by atoms with van der Waals surface area (Å²) in [6, 6.07) is 49.3. The Kier molecular flexibility index (Phi) is 29.6. The topological polar surface area (TPSA) is 252 Å². The third-order valence-corrected chi connectivity index (χ3v) is 19.7. The molecular formula is C81H97Cl3N16O7. The van der Waals surface area contributed by atoms with Crippen LogP contribution in [0, 0.1) is 17.8 Å². The van der Waals surface area contributed by atoms with E-state index in [2.05, 4.69) is 119 Å². The molecule has 3 aliphatic rings. The van der Waals surface area contributed by atoms with E-state index in [9.17, 15) is 24.0 Å². The lowest BCUT2D eigenvalue weighted by Crippen LogP contribution is -2.31. The monoisotopic (exact) mass is 1510 g/mol. The van der Waals surface area contributed by atoms with Crippen LogP contribution in [0.15, 0.2) is 189 Å². The highest BCUT2D eigenvalue weighted by Gasteiger charge is 2.28. The second-order valence-electron chi connectivity index (χ2n) is 27.4. The maximum Gasteiger partial charge on any atom is 0.337 e. The van der Waals surface area contributed by atoms with Gasteiger partial charge in [-0.1, -0.05) is 131 Å². The molecule has 3 atom stereocenters. The highest BCUT2D eigenvalue weighted by atomic mass is 35.5. The third-order valence-electron chi connectivity index (χ3n) is 18.8. The van der Waals surface area contributed by atoms with Crippen LogP contribution in [0.4, 0.5) is 0 Å². The van der Waals surface area contributed by atoms with Crippen molar-refractivity contribution in [2.75, 3.05) is 101 Å². The van der Waals surface area contributed by atoms with E-state index in [1.165, 1.54) is 60.0 Å². The van der Waals surface area contributed by atoms with E-state index in [4.69, 9.17) is 50.5 Å². The number of aromatic carboxylic acids is 1. The summed E-state index contributed by atoms with van der Waals surface area (Å²) in [6.07, 6.45) is 10.5. The number of pyridine rings is 1. The lowest BCUT2D eigenvalue weighted by atomic mass is 10.0. The zero-order valence-corrected chi connectivity index (χ0v) is 64.5. The van der Waals surface area contributed by atoms with Gasteiger partial charge in [0.05, 0.1) is 42.8 Å². The van der Waals surface area contributed by atoms with Gasteiger partial charge in [0, 0.05) is 154 Å². The number of carboxylic acid groups (broad SMARTS) is 1. The second-order valence-corrected chi connectivity index (χ2v) is 28.7. The fourth-order valence-corrected chi connectivity index (χ4v) is 13.6. The summed E-state index contributed by atoms with van der Waals surface area (Å²) >= 11 is 18.6. The number of likely N-dealkylation sites (tertiary alicyclic amines) is 3. The molecule has 0 radical (unpaired) electrons. The Bertz CT molecular complexity index is 4810. The standard InChI is InChI=1S/C26H29ClN4O3.C22H24ClN3O.C12H18N2.C10H8ClNO2.C9H11N5O.C2H7N/c1-29(2)26(34)24(32)21-16-30(3)23-12-22(27)20(11-19(21)23)25(33)28-13-18-9-10-31(15-18)14-17-7-5-4-6-8-17;1-25-9-8-18-11-19(20(23)12-21(18)25)22(27)24-13-17-7-10-26(15-17)14-16-5-3-2-4-6-16;13-8-12-6-7-14(10-12)9-11-4-2-1-3-5-11;1-12-3-2-6-4-7(10(13)14)8(11)5-9(6)12;1-7(13(2)3)15-14-9-8(11-12-14)5-4-6-10-9;1-3-2/h4-8,11-12,16,18H,9-10,13-15H2,1-3H3,(H,28,33);2-6,8-9,11-12,17H,7,10,13-15H2,1H3,(H,24,27);1-5,12H,6-10,13H2;2-5H,1H3,(H,13,14);4-6H,1H2,2-3H3;3H,1-2H3/t18-;17-;12-;;;/m000.../s1. The normalized spacial score (nSPS) is 15.5. The number of Topliss-reactive ketones (excluding diaryl/α,β-unsaturated/α-hetero) is 1. The van der Waals surface area contributed by atoms with Crippen molar-refractivity contribution in [3.8, 4) is 0 Å². The summed E-state index contributed by atoms with van der Waals surface area (Å²) < 4.78 is 5.63. The van der Waals surface area contributed by atoms with Crippen LogP contribution >= 0.6 is 34.8 Å². The van der Waals surface area contributed by atoms with Crippen molar-refractivity contribution in [3.63, 3.8) is 0 Å². The minimum atomic E-state index is -0.999. The first-order valence-corrected chi connectivity index (χ1v) is 36.7. The molecule has 23 nitrogen and oxygen atoms in total. The van der Waals surface area contributed by atoms with Crippen molar-refractivity contribution >= 4 is 108 Å². The molecule has 11 aromatic rings. The molecule has 3 aliphatic heterocycles. The Morgan fingerprint density at radius 3 is 1.46 bits per heavy atom. The zero-order valence-electron chi connectivity index (χ0n) is 62.3. The molecule has 0 unspecified atom stereocenters. The van der Waals surface area contributed by atoms with Gasteiger partial charge in [0.25, 0.3) is 23.5 Å². The quantitative estimate of drug-likeness (QED) is 0.0287. The van der Waals surface area contributed by atoms with Gasteiger partial charge in [0.15, 0.2) is 0 Å². The van der Waals surface area contributed by atoms with Crippen molar-refractivity contribution < 1.29 is 33.9 Å². The van der Waals surface area contributed by atoms with E-state index in [1.807, 2.05) is 118 Å². The number of aromatic nitrogens is 7. The maximum absolute atomic E-state index is 13.0. The van der Waals surface area contributed by atoms with Gasteiger partial charge in [-0.3, -0.25) is 33.9 Å². The smallest absolute Gasteiger partial charge is 0.337 e. The molecule has 0 saturated carbocycles. The predicted molar refractivity (Wildman–Crippen MR) is 427 cm³/mol. The second kappa shape index (κ2) is 39.1. The molecule has 8 heterocycles. The Balaban J connectivity index is 0.000000161. The molecule has 3 saturated heterocycles. The number of hydrogen-bond acceptors (Lipinski definition) is 15. The molecule has 564 valence electrons. The number of benzene rings is 6. The predicted octanol–water partition coefficient (Wildman–Crippen LogP) is 11.6. The van der Waals surface area contributed by atoms with Gasteiger partial charge in [-0.05, 0) is 166 Å². The fourth-order valence-electron chi connectivity index (χ4n) is 12.9. The highest BCUT2D eigenvalue weighted by molar-refractivity contribution is 6.45. The molecule has 5 aromatic heterocycles. The molecule has 6 N–H and O–H groups in total. The molecule has 107 heavy (non-hydrogen) atoms.